The van der Waals surface area contributed by atoms with Crippen LogP contribution < -0.4 is 4.74 Å². The van der Waals surface area contributed by atoms with E-state index < -0.39 is 6.10 Å². The number of pyridine rings is 1. The molecule has 0 aliphatic heterocycles. The molecule has 1 aliphatic carbocycles. The van der Waals surface area contributed by atoms with Gasteiger partial charge in [-0.15, -0.1) is 0 Å². The molecule has 4 atom stereocenters. The van der Waals surface area contributed by atoms with Crippen LogP contribution in [0.5, 0.6) is 5.75 Å². The first-order valence-corrected chi connectivity index (χ1v) is 14.6. The standard InChI is InChI=1S/C32H51NO2/c1-6-10-13-25(8-3)21-32(22-26(9-4)14-11-7-2)20-19-28(34)30(23-32)35-29-16-12-15-27-18-17-24(5)33-31(27)29/h12,15-18,25-26,28,30,34H,6-11,13-14,19-23H2,1-5H3. The van der Waals surface area contributed by atoms with Crippen LogP contribution in [0.4, 0.5) is 0 Å². The van der Waals surface area contributed by atoms with Crippen LogP contribution in [0.3, 0.4) is 0 Å². The van der Waals surface area contributed by atoms with Gasteiger partial charge in [-0.1, -0.05) is 97.3 Å². The van der Waals surface area contributed by atoms with Crippen LogP contribution >= 0.6 is 0 Å². The second-order valence-corrected chi connectivity index (χ2v) is 11.5. The summed E-state index contributed by atoms with van der Waals surface area (Å²) in [4.78, 5) is 4.79. The molecule has 1 aliphatic rings. The minimum absolute atomic E-state index is 0.163. The molecule has 4 unspecified atom stereocenters. The number of aromatic nitrogens is 1. The van der Waals surface area contributed by atoms with Gasteiger partial charge in [-0.25, -0.2) is 4.98 Å². The molecule has 0 bridgehead atoms. The third kappa shape index (κ3) is 7.68. The van der Waals surface area contributed by atoms with Gasteiger partial charge in [-0.2, -0.15) is 0 Å². The summed E-state index contributed by atoms with van der Waals surface area (Å²) in [5.41, 5.74) is 2.18. The maximum atomic E-state index is 11.1. The molecular weight excluding hydrogens is 430 g/mol. The monoisotopic (exact) mass is 481 g/mol. The molecule has 1 N–H and O–H groups in total. The summed E-state index contributed by atoms with van der Waals surface area (Å²) in [7, 11) is 0. The normalized spacial score (nSPS) is 24.4. The molecule has 3 heteroatoms. The van der Waals surface area contributed by atoms with Crippen molar-refractivity contribution in [1.29, 1.82) is 0 Å². The minimum atomic E-state index is -0.408. The number of aliphatic hydroxyl groups is 1. The van der Waals surface area contributed by atoms with Gasteiger partial charge < -0.3 is 9.84 Å². The van der Waals surface area contributed by atoms with E-state index in [-0.39, 0.29) is 11.5 Å². The Bertz CT molecular complexity index is 876. The summed E-state index contributed by atoms with van der Waals surface area (Å²) >= 11 is 0. The highest BCUT2D eigenvalue weighted by Crippen LogP contribution is 2.49. The number of fused-ring (bicyclic) bond motifs is 1. The summed E-state index contributed by atoms with van der Waals surface area (Å²) in [5, 5.41) is 12.2. The average molecular weight is 482 g/mol. The van der Waals surface area contributed by atoms with Crippen molar-refractivity contribution in [1.82, 2.24) is 4.98 Å². The molecule has 35 heavy (non-hydrogen) atoms. The van der Waals surface area contributed by atoms with E-state index in [1.807, 2.05) is 19.1 Å². The van der Waals surface area contributed by atoms with E-state index >= 15 is 0 Å². The Hall–Kier alpha value is -1.61. The summed E-state index contributed by atoms with van der Waals surface area (Å²) in [6.45, 7) is 11.4. The molecule has 0 spiro atoms. The van der Waals surface area contributed by atoms with Crippen LogP contribution in [-0.4, -0.2) is 22.3 Å². The van der Waals surface area contributed by atoms with Crippen molar-refractivity contribution in [3.63, 3.8) is 0 Å². The number of benzene rings is 1. The van der Waals surface area contributed by atoms with Crippen molar-refractivity contribution < 1.29 is 9.84 Å². The van der Waals surface area contributed by atoms with Crippen LogP contribution in [-0.2, 0) is 0 Å². The van der Waals surface area contributed by atoms with Crippen molar-refractivity contribution in [3.05, 3.63) is 36.0 Å². The fraction of sp³-hybridized carbons (Fsp3) is 0.719. The Kier molecular flexibility index (Phi) is 10.9. The number of hydrogen-bond acceptors (Lipinski definition) is 3. The Balaban J connectivity index is 1.87. The number of nitrogens with zero attached hydrogens (tertiary/aromatic N) is 1. The fourth-order valence-electron chi connectivity index (χ4n) is 6.47. The highest BCUT2D eigenvalue weighted by atomic mass is 16.5. The molecule has 0 saturated heterocycles. The largest absolute Gasteiger partial charge is 0.485 e. The van der Waals surface area contributed by atoms with E-state index in [0.29, 0.717) is 0 Å². The zero-order chi connectivity index (χ0) is 25.3. The van der Waals surface area contributed by atoms with Gasteiger partial charge in [0.25, 0.3) is 0 Å². The molecule has 1 fully saturated rings. The molecule has 1 heterocycles. The third-order valence-corrected chi connectivity index (χ3v) is 8.66. The number of para-hydroxylation sites is 1. The predicted octanol–water partition coefficient (Wildman–Crippen LogP) is 9.03. The number of unbranched alkanes of at least 4 members (excludes halogenated alkanes) is 2. The average Bonchev–Trinajstić information content (AvgIpc) is 2.87. The van der Waals surface area contributed by atoms with Crippen LogP contribution in [0.25, 0.3) is 10.9 Å². The second kappa shape index (κ2) is 13.6. The van der Waals surface area contributed by atoms with Gasteiger partial charge in [0.2, 0.25) is 0 Å². The molecule has 3 nitrogen and oxygen atoms in total. The molecular formula is C32H51NO2. The quantitative estimate of drug-likeness (QED) is 0.293. The Morgan fingerprint density at radius 2 is 1.63 bits per heavy atom. The van der Waals surface area contributed by atoms with Gasteiger partial charge in [0.05, 0.1) is 6.10 Å². The summed E-state index contributed by atoms with van der Waals surface area (Å²) in [5.74, 6) is 2.37. The minimum Gasteiger partial charge on any atom is -0.485 e. The molecule has 196 valence electrons. The molecule has 3 rings (SSSR count). The van der Waals surface area contributed by atoms with Crippen LogP contribution in [0.15, 0.2) is 30.3 Å². The molecule has 1 saturated carbocycles. The lowest BCUT2D eigenvalue weighted by Gasteiger charge is -2.46. The SMILES string of the molecule is CCCCC(CC)CC1(CC(CC)CCCC)CCC(O)C(Oc2cccc3ccc(C)nc23)C1. The third-order valence-electron chi connectivity index (χ3n) is 8.66. The lowest BCUT2D eigenvalue weighted by Crippen LogP contribution is -2.45. The maximum absolute atomic E-state index is 11.1. The predicted molar refractivity (Wildman–Crippen MR) is 149 cm³/mol. The molecule has 1 aromatic carbocycles. The van der Waals surface area contributed by atoms with E-state index in [9.17, 15) is 5.11 Å². The van der Waals surface area contributed by atoms with Gasteiger partial charge in [0.15, 0.2) is 0 Å². The lowest BCUT2D eigenvalue weighted by molar-refractivity contribution is -0.0567. The summed E-state index contributed by atoms with van der Waals surface area (Å²) < 4.78 is 6.67. The van der Waals surface area contributed by atoms with Gasteiger partial charge in [0.1, 0.15) is 17.4 Å². The number of aliphatic hydroxyl groups excluding tert-OH is 1. The smallest absolute Gasteiger partial charge is 0.146 e. The Morgan fingerprint density at radius 3 is 2.23 bits per heavy atom. The molecule has 0 radical (unpaired) electrons. The van der Waals surface area contributed by atoms with Crippen molar-refractivity contribution in [2.75, 3.05) is 0 Å². The highest BCUT2D eigenvalue weighted by Gasteiger charge is 2.43. The maximum Gasteiger partial charge on any atom is 0.146 e. The first-order valence-electron chi connectivity index (χ1n) is 14.6. The number of rotatable bonds is 14. The highest BCUT2D eigenvalue weighted by molar-refractivity contribution is 5.84. The number of hydrogen-bond donors (Lipinski definition) is 1. The Morgan fingerprint density at radius 1 is 0.971 bits per heavy atom. The van der Waals surface area contributed by atoms with E-state index in [0.717, 1.165) is 53.4 Å². The zero-order valence-electron chi connectivity index (χ0n) is 23.2. The first-order chi connectivity index (χ1) is 16.9. The number of aryl methyl sites for hydroxylation is 1. The van der Waals surface area contributed by atoms with Gasteiger partial charge in [0, 0.05) is 11.1 Å². The van der Waals surface area contributed by atoms with Crippen molar-refractivity contribution in [3.8, 4) is 5.75 Å². The molecule has 0 amide bonds. The van der Waals surface area contributed by atoms with Gasteiger partial charge in [-0.05, 0) is 68.4 Å². The van der Waals surface area contributed by atoms with E-state index in [4.69, 9.17) is 9.72 Å². The van der Waals surface area contributed by atoms with Crippen LogP contribution in [0, 0.1) is 24.2 Å². The van der Waals surface area contributed by atoms with Gasteiger partial charge >= 0.3 is 0 Å². The second-order valence-electron chi connectivity index (χ2n) is 11.5. The molecule has 2 aromatic rings. The fourth-order valence-corrected chi connectivity index (χ4v) is 6.47. The van der Waals surface area contributed by atoms with Crippen LogP contribution in [0.2, 0.25) is 0 Å². The molecule has 1 aromatic heterocycles. The van der Waals surface area contributed by atoms with E-state index in [2.05, 4.69) is 45.9 Å². The van der Waals surface area contributed by atoms with E-state index in [1.165, 1.54) is 64.2 Å². The van der Waals surface area contributed by atoms with Crippen molar-refractivity contribution in [2.24, 2.45) is 17.3 Å². The summed E-state index contributed by atoms with van der Waals surface area (Å²) in [6.07, 6.45) is 15.3. The lowest BCUT2D eigenvalue weighted by atomic mass is 9.62. The first kappa shape index (κ1) is 28.0. The zero-order valence-corrected chi connectivity index (χ0v) is 23.2. The van der Waals surface area contributed by atoms with Crippen molar-refractivity contribution >= 4 is 10.9 Å². The summed E-state index contributed by atoms with van der Waals surface area (Å²) in [6, 6.07) is 10.3. The topological polar surface area (TPSA) is 42.4 Å². The Labute approximate surface area is 215 Å². The van der Waals surface area contributed by atoms with E-state index in [1.54, 1.807) is 0 Å². The van der Waals surface area contributed by atoms with Crippen molar-refractivity contribution in [2.45, 2.75) is 130 Å². The number of ether oxygens (including phenoxy) is 1. The van der Waals surface area contributed by atoms with Crippen LogP contribution in [0.1, 0.15) is 117 Å². The van der Waals surface area contributed by atoms with Gasteiger partial charge in [-0.3, -0.25) is 0 Å².